The van der Waals surface area contributed by atoms with E-state index in [0.29, 0.717) is 45.2 Å². The van der Waals surface area contributed by atoms with Crippen LogP contribution in [-0.4, -0.2) is 67.7 Å². The largest absolute Gasteiger partial charge is 0.433 e. The SMILES string of the molecule is FC(F)(F)c1cccc(N2CCN(c3ccc(N4CCOCC4)nn3)CC2)n1. The third kappa shape index (κ3) is 4.11. The lowest BCUT2D eigenvalue weighted by atomic mass is 10.2. The van der Waals surface area contributed by atoms with Crippen molar-refractivity contribution < 1.29 is 17.9 Å². The molecule has 2 saturated heterocycles. The zero-order valence-corrected chi connectivity index (χ0v) is 15.3. The quantitative estimate of drug-likeness (QED) is 0.790. The fraction of sp³-hybridized carbons (Fsp3) is 0.500. The van der Waals surface area contributed by atoms with Crippen LogP contribution >= 0.6 is 0 Å². The Hall–Kier alpha value is -2.62. The number of hydrogen-bond donors (Lipinski definition) is 0. The predicted molar refractivity (Wildman–Crippen MR) is 98.7 cm³/mol. The molecule has 0 saturated carbocycles. The molecular weight excluding hydrogens is 373 g/mol. The van der Waals surface area contributed by atoms with E-state index in [4.69, 9.17) is 4.74 Å². The molecule has 0 atom stereocenters. The zero-order chi connectivity index (χ0) is 19.6. The number of ether oxygens (including phenoxy) is 1. The zero-order valence-electron chi connectivity index (χ0n) is 15.3. The second-order valence-corrected chi connectivity index (χ2v) is 6.70. The van der Waals surface area contributed by atoms with E-state index in [1.165, 1.54) is 6.07 Å². The number of pyridine rings is 1. The molecule has 0 N–H and O–H groups in total. The van der Waals surface area contributed by atoms with Gasteiger partial charge in [-0.05, 0) is 24.3 Å². The van der Waals surface area contributed by atoms with Crippen molar-refractivity contribution in [3.8, 4) is 0 Å². The van der Waals surface area contributed by atoms with Crippen molar-refractivity contribution in [2.75, 3.05) is 67.2 Å². The molecule has 2 aromatic heterocycles. The number of piperazine rings is 1. The lowest BCUT2D eigenvalue weighted by Crippen LogP contribution is -2.47. The Morgan fingerprint density at radius 1 is 0.714 bits per heavy atom. The molecular formula is C18H21F3N6O. The molecule has 0 spiro atoms. The highest BCUT2D eigenvalue weighted by Gasteiger charge is 2.33. The summed E-state index contributed by atoms with van der Waals surface area (Å²) in [5.74, 6) is 1.95. The second kappa shape index (κ2) is 7.78. The average Bonchev–Trinajstić information content (AvgIpc) is 2.74. The van der Waals surface area contributed by atoms with Crippen molar-refractivity contribution in [2.24, 2.45) is 0 Å². The molecule has 2 aliphatic heterocycles. The number of aromatic nitrogens is 3. The molecule has 0 aliphatic carbocycles. The van der Waals surface area contributed by atoms with E-state index >= 15 is 0 Å². The van der Waals surface area contributed by atoms with Gasteiger partial charge in [0.05, 0.1) is 13.2 Å². The Bertz CT molecular complexity index is 787. The summed E-state index contributed by atoms with van der Waals surface area (Å²) in [6, 6.07) is 7.89. The van der Waals surface area contributed by atoms with E-state index in [1.54, 1.807) is 6.07 Å². The van der Waals surface area contributed by atoms with Crippen molar-refractivity contribution in [3.63, 3.8) is 0 Å². The number of morpholine rings is 1. The van der Waals surface area contributed by atoms with Gasteiger partial charge < -0.3 is 19.4 Å². The number of alkyl halides is 3. The Labute approximate surface area is 160 Å². The van der Waals surface area contributed by atoms with Crippen molar-refractivity contribution >= 4 is 17.5 Å². The standard InChI is InChI=1S/C18H21F3N6O/c19-18(20,21)14-2-1-3-15(22-14)25-6-8-26(9-7-25)16-4-5-17(24-23-16)27-10-12-28-13-11-27/h1-5H,6-13H2. The van der Waals surface area contributed by atoms with E-state index in [1.807, 2.05) is 17.0 Å². The fourth-order valence-corrected chi connectivity index (χ4v) is 3.37. The van der Waals surface area contributed by atoms with Gasteiger partial charge in [0.1, 0.15) is 11.5 Å². The first-order valence-electron chi connectivity index (χ1n) is 9.21. The summed E-state index contributed by atoms with van der Waals surface area (Å²) >= 11 is 0. The minimum Gasteiger partial charge on any atom is -0.378 e. The molecule has 0 radical (unpaired) electrons. The first kappa shape index (κ1) is 18.7. The number of rotatable bonds is 3. The van der Waals surface area contributed by atoms with Crippen molar-refractivity contribution in [1.29, 1.82) is 0 Å². The lowest BCUT2D eigenvalue weighted by Gasteiger charge is -2.36. The minimum absolute atomic E-state index is 0.350. The van der Waals surface area contributed by atoms with Crippen molar-refractivity contribution in [1.82, 2.24) is 15.2 Å². The van der Waals surface area contributed by atoms with E-state index in [9.17, 15) is 13.2 Å². The Kier molecular flexibility index (Phi) is 5.21. The van der Waals surface area contributed by atoms with Crippen LogP contribution in [0.2, 0.25) is 0 Å². The molecule has 150 valence electrons. The maximum absolute atomic E-state index is 12.9. The average molecular weight is 394 g/mol. The van der Waals surface area contributed by atoms with Crippen LogP contribution in [0.5, 0.6) is 0 Å². The van der Waals surface area contributed by atoms with Gasteiger partial charge in [0, 0.05) is 39.3 Å². The van der Waals surface area contributed by atoms with Gasteiger partial charge in [0.15, 0.2) is 11.6 Å². The van der Waals surface area contributed by atoms with Crippen LogP contribution in [0.25, 0.3) is 0 Å². The first-order valence-corrected chi connectivity index (χ1v) is 9.21. The molecule has 28 heavy (non-hydrogen) atoms. The van der Waals surface area contributed by atoms with Gasteiger partial charge in [-0.25, -0.2) is 4.98 Å². The summed E-state index contributed by atoms with van der Waals surface area (Å²) in [4.78, 5) is 9.85. The normalized spacial score (nSPS) is 18.5. The highest BCUT2D eigenvalue weighted by molar-refractivity contribution is 5.48. The fourth-order valence-electron chi connectivity index (χ4n) is 3.37. The van der Waals surface area contributed by atoms with E-state index in [0.717, 1.165) is 30.8 Å². The Balaban J connectivity index is 1.37. The lowest BCUT2D eigenvalue weighted by molar-refractivity contribution is -0.141. The Morgan fingerprint density at radius 2 is 1.25 bits per heavy atom. The van der Waals surface area contributed by atoms with Crippen LogP contribution in [0.15, 0.2) is 30.3 Å². The van der Waals surface area contributed by atoms with Gasteiger partial charge in [-0.2, -0.15) is 13.2 Å². The predicted octanol–water partition coefficient (Wildman–Crippen LogP) is 2.05. The van der Waals surface area contributed by atoms with E-state index in [-0.39, 0.29) is 0 Å². The van der Waals surface area contributed by atoms with Crippen LogP contribution < -0.4 is 14.7 Å². The Morgan fingerprint density at radius 3 is 1.79 bits per heavy atom. The number of nitrogens with zero attached hydrogens (tertiary/aromatic N) is 6. The minimum atomic E-state index is -4.43. The topological polar surface area (TPSA) is 57.6 Å². The maximum Gasteiger partial charge on any atom is 0.433 e. The molecule has 2 aromatic rings. The maximum atomic E-state index is 12.9. The van der Waals surface area contributed by atoms with E-state index < -0.39 is 11.9 Å². The molecule has 4 rings (SSSR count). The summed E-state index contributed by atoms with van der Waals surface area (Å²) in [5, 5.41) is 8.65. The van der Waals surface area contributed by atoms with Crippen LogP contribution in [0.4, 0.5) is 30.6 Å². The molecule has 0 bridgehead atoms. The van der Waals surface area contributed by atoms with Gasteiger partial charge in [0.2, 0.25) is 0 Å². The monoisotopic (exact) mass is 394 g/mol. The van der Waals surface area contributed by atoms with Crippen molar-refractivity contribution in [2.45, 2.75) is 6.18 Å². The van der Waals surface area contributed by atoms with Crippen molar-refractivity contribution in [3.05, 3.63) is 36.0 Å². The molecule has 2 fully saturated rings. The van der Waals surface area contributed by atoms with Crippen LogP contribution in [0.1, 0.15) is 5.69 Å². The van der Waals surface area contributed by atoms with Gasteiger partial charge in [-0.15, -0.1) is 10.2 Å². The molecule has 7 nitrogen and oxygen atoms in total. The number of halogens is 3. The molecule has 2 aliphatic rings. The molecule has 4 heterocycles. The second-order valence-electron chi connectivity index (χ2n) is 6.70. The third-order valence-electron chi connectivity index (χ3n) is 4.92. The highest BCUT2D eigenvalue weighted by Crippen LogP contribution is 2.29. The summed E-state index contributed by atoms with van der Waals surface area (Å²) in [6.45, 7) is 5.41. The smallest absolute Gasteiger partial charge is 0.378 e. The number of anilines is 3. The van der Waals surface area contributed by atoms with Gasteiger partial charge in [-0.3, -0.25) is 0 Å². The third-order valence-corrected chi connectivity index (χ3v) is 4.92. The molecule has 0 amide bonds. The summed E-state index contributed by atoms with van der Waals surface area (Å²) in [5.41, 5.74) is -0.864. The van der Waals surface area contributed by atoms with Crippen LogP contribution in [0.3, 0.4) is 0 Å². The first-order chi connectivity index (χ1) is 13.5. The summed E-state index contributed by atoms with van der Waals surface area (Å²) in [7, 11) is 0. The molecule has 0 aromatic carbocycles. The summed E-state index contributed by atoms with van der Waals surface area (Å²) in [6.07, 6.45) is -4.43. The van der Waals surface area contributed by atoms with E-state index in [2.05, 4.69) is 25.0 Å². The summed E-state index contributed by atoms with van der Waals surface area (Å²) < 4.78 is 44.0. The number of hydrogen-bond acceptors (Lipinski definition) is 7. The highest BCUT2D eigenvalue weighted by atomic mass is 19.4. The van der Waals surface area contributed by atoms with Crippen LogP contribution in [0, 0.1) is 0 Å². The van der Waals surface area contributed by atoms with Gasteiger partial charge in [-0.1, -0.05) is 6.07 Å². The van der Waals surface area contributed by atoms with Gasteiger partial charge >= 0.3 is 6.18 Å². The molecule has 10 heteroatoms. The molecule has 0 unspecified atom stereocenters. The van der Waals surface area contributed by atoms with Gasteiger partial charge in [0.25, 0.3) is 0 Å². The van der Waals surface area contributed by atoms with Crippen LogP contribution in [-0.2, 0) is 10.9 Å².